The Morgan fingerprint density at radius 1 is 1.29 bits per heavy atom. The van der Waals surface area contributed by atoms with Crippen LogP contribution in [0.1, 0.15) is 18.1 Å². The SMILES string of the molecule is CCc1ccc(Oc2ccc(C#N)cc2F)c([N+](=O)[O-])c1. The number of ether oxygens (including phenoxy) is 1. The number of nitro groups is 1. The summed E-state index contributed by atoms with van der Waals surface area (Å²) in [5.74, 6) is -0.954. The topological polar surface area (TPSA) is 76.2 Å². The number of nitrogens with zero attached hydrogens (tertiary/aromatic N) is 2. The molecular weight excluding hydrogens is 275 g/mol. The first-order chi connectivity index (χ1) is 10.0. The Labute approximate surface area is 120 Å². The van der Waals surface area contributed by atoms with Crippen molar-refractivity contribution in [2.75, 3.05) is 0 Å². The maximum atomic E-state index is 13.8. The van der Waals surface area contributed by atoms with Crippen LogP contribution < -0.4 is 4.74 Å². The largest absolute Gasteiger partial charge is 0.447 e. The van der Waals surface area contributed by atoms with Gasteiger partial charge in [-0.05, 0) is 36.2 Å². The van der Waals surface area contributed by atoms with Gasteiger partial charge < -0.3 is 4.74 Å². The van der Waals surface area contributed by atoms with Crippen LogP contribution in [0.4, 0.5) is 10.1 Å². The maximum absolute atomic E-state index is 13.8. The lowest BCUT2D eigenvalue weighted by Crippen LogP contribution is -1.96. The van der Waals surface area contributed by atoms with E-state index in [1.807, 2.05) is 6.92 Å². The molecule has 0 radical (unpaired) electrons. The first kappa shape index (κ1) is 14.5. The fraction of sp³-hybridized carbons (Fsp3) is 0.133. The van der Waals surface area contributed by atoms with E-state index in [4.69, 9.17) is 10.00 Å². The molecule has 0 N–H and O–H groups in total. The molecule has 0 aliphatic carbocycles. The standard InChI is InChI=1S/C15H11FN2O3/c1-2-10-3-6-15(13(8-10)18(19)20)21-14-5-4-11(9-17)7-12(14)16/h3-8H,2H2,1H3. The van der Waals surface area contributed by atoms with Crippen LogP contribution in [-0.4, -0.2) is 4.92 Å². The molecule has 0 saturated heterocycles. The van der Waals surface area contributed by atoms with Crippen LogP contribution in [0, 0.1) is 27.3 Å². The van der Waals surface area contributed by atoms with Gasteiger partial charge in [-0.2, -0.15) is 5.26 Å². The van der Waals surface area contributed by atoms with E-state index in [9.17, 15) is 14.5 Å². The number of rotatable bonds is 4. The molecular formula is C15H11FN2O3. The summed E-state index contributed by atoms with van der Waals surface area (Å²) in [4.78, 5) is 10.5. The smallest absolute Gasteiger partial charge is 0.311 e. The number of hydrogen-bond acceptors (Lipinski definition) is 4. The van der Waals surface area contributed by atoms with Crippen molar-refractivity contribution in [2.45, 2.75) is 13.3 Å². The molecule has 2 aromatic rings. The maximum Gasteiger partial charge on any atom is 0.311 e. The van der Waals surface area contributed by atoms with Crippen LogP contribution in [0.5, 0.6) is 11.5 Å². The molecule has 2 rings (SSSR count). The normalized spacial score (nSPS) is 9.95. The van der Waals surface area contributed by atoms with Crippen LogP contribution in [0.2, 0.25) is 0 Å². The van der Waals surface area contributed by atoms with E-state index in [0.29, 0.717) is 6.42 Å². The summed E-state index contributed by atoms with van der Waals surface area (Å²) in [6, 6.07) is 9.99. The molecule has 0 heterocycles. The number of aryl methyl sites for hydroxylation is 1. The minimum absolute atomic E-state index is 0.0409. The van der Waals surface area contributed by atoms with Crippen molar-refractivity contribution >= 4 is 5.69 Å². The number of hydrogen-bond donors (Lipinski definition) is 0. The summed E-state index contributed by atoms with van der Waals surface area (Å²) < 4.78 is 19.0. The lowest BCUT2D eigenvalue weighted by molar-refractivity contribution is -0.385. The molecule has 0 unspecified atom stereocenters. The van der Waals surface area contributed by atoms with Gasteiger partial charge in [0.05, 0.1) is 16.6 Å². The third-order valence-electron chi connectivity index (χ3n) is 2.91. The van der Waals surface area contributed by atoms with Gasteiger partial charge in [0.1, 0.15) is 0 Å². The number of nitriles is 1. The summed E-state index contributed by atoms with van der Waals surface area (Å²) in [5.41, 5.74) is 0.711. The minimum atomic E-state index is -0.747. The van der Waals surface area contributed by atoms with Gasteiger partial charge in [-0.1, -0.05) is 13.0 Å². The van der Waals surface area contributed by atoms with E-state index in [1.165, 1.54) is 24.3 Å². The quantitative estimate of drug-likeness (QED) is 0.629. The van der Waals surface area contributed by atoms with Gasteiger partial charge in [0, 0.05) is 6.07 Å². The zero-order chi connectivity index (χ0) is 15.4. The third kappa shape index (κ3) is 3.15. The molecule has 21 heavy (non-hydrogen) atoms. The first-order valence-electron chi connectivity index (χ1n) is 6.20. The molecule has 0 fully saturated rings. The Hall–Kier alpha value is -2.94. The summed E-state index contributed by atoms with van der Waals surface area (Å²) in [5, 5.41) is 19.7. The van der Waals surface area contributed by atoms with Gasteiger partial charge in [-0.25, -0.2) is 4.39 Å². The Kier molecular flexibility index (Phi) is 4.14. The fourth-order valence-corrected chi connectivity index (χ4v) is 1.78. The Balaban J connectivity index is 2.40. The van der Waals surface area contributed by atoms with E-state index in [2.05, 4.69) is 0 Å². The molecule has 0 atom stereocenters. The molecule has 5 nitrogen and oxygen atoms in total. The summed E-state index contributed by atoms with van der Waals surface area (Å²) in [7, 11) is 0. The van der Waals surface area contributed by atoms with Gasteiger partial charge in [0.25, 0.3) is 0 Å². The Morgan fingerprint density at radius 2 is 2.00 bits per heavy atom. The summed E-state index contributed by atoms with van der Waals surface area (Å²) in [6.07, 6.45) is 0.645. The Bertz CT molecular complexity index is 738. The molecule has 2 aromatic carbocycles. The van der Waals surface area contributed by atoms with Crippen molar-refractivity contribution in [1.82, 2.24) is 0 Å². The van der Waals surface area contributed by atoms with Gasteiger partial charge in [0.2, 0.25) is 5.75 Å². The molecule has 0 spiro atoms. The number of nitro benzene ring substituents is 1. The van der Waals surface area contributed by atoms with Crippen LogP contribution in [0.3, 0.4) is 0 Å². The second-order valence-electron chi connectivity index (χ2n) is 4.27. The van der Waals surface area contributed by atoms with Gasteiger partial charge in [0.15, 0.2) is 11.6 Å². The molecule has 0 aromatic heterocycles. The third-order valence-corrected chi connectivity index (χ3v) is 2.91. The van der Waals surface area contributed by atoms with Crippen molar-refractivity contribution < 1.29 is 14.1 Å². The molecule has 0 aliphatic heterocycles. The zero-order valence-corrected chi connectivity index (χ0v) is 11.2. The highest BCUT2D eigenvalue weighted by Gasteiger charge is 2.18. The predicted octanol–water partition coefficient (Wildman–Crippen LogP) is 3.96. The van der Waals surface area contributed by atoms with E-state index >= 15 is 0 Å². The highest BCUT2D eigenvalue weighted by molar-refractivity contribution is 5.51. The predicted molar refractivity (Wildman–Crippen MR) is 73.7 cm³/mol. The number of benzene rings is 2. The van der Waals surface area contributed by atoms with E-state index < -0.39 is 10.7 Å². The van der Waals surface area contributed by atoms with Crippen LogP contribution in [0.15, 0.2) is 36.4 Å². The van der Waals surface area contributed by atoms with Gasteiger partial charge in [-0.3, -0.25) is 10.1 Å². The minimum Gasteiger partial charge on any atom is -0.447 e. The molecule has 0 saturated carbocycles. The molecule has 0 aliphatic rings. The molecule has 0 amide bonds. The van der Waals surface area contributed by atoms with Crippen molar-refractivity contribution in [3.63, 3.8) is 0 Å². The summed E-state index contributed by atoms with van der Waals surface area (Å²) in [6.45, 7) is 1.87. The van der Waals surface area contributed by atoms with Crippen LogP contribution in [0.25, 0.3) is 0 Å². The fourth-order valence-electron chi connectivity index (χ4n) is 1.78. The molecule has 0 bridgehead atoms. The molecule has 6 heteroatoms. The van der Waals surface area contributed by atoms with Crippen LogP contribution >= 0.6 is 0 Å². The zero-order valence-electron chi connectivity index (χ0n) is 11.2. The second-order valence-corrected chi connectivity index (χ2v) is 4.27. The van der Waals surface area contributed by atoms with Crippen molar-refractivity contribution in [2.24, 2.45) is 0 Å². The van der Waals surface area contributed by atoms with Crippen molar-refractivity contribution in [3.8, 4) is 17.6 Å². The molecule has 106 valence electrons. The highest BCUT2D eigenvalue weighted by atomic mass is 19.1. The summed E-state index contributed by atoms with van der Waals surface area (Å²) >= 11 is 0. The van der Waals surface area contributed by atoms with Gasteiger partial charge >= 0.3 is 5.69 Å². The van der Waals surface area contributed by atoms with E-state index in [1.54, 1.807) is 12.1 Å². The lowest BCUT2D eigenvalue weighted by Gasteiger charge is -2.08. The van der Waals surface area contributed by atoms with Crippen molar-refractivity contribution in [3.05, 3.63) is 63.5 Å². The van der Waals surface area contributed by atoms with E-state index in [0.717, 1.165) is 11.6 Å². The monoisotopic (exact) mass is 286 g/mol. The first-order valence-corrected chi connectivity index (χ1v) is 6.20. The average molecular weight is 286 g/mol. The average Bonchev–Trinajstić information content (AvgIpc) is 2.49. The van der Waals surface area contributed by atoms with Crippen molar-refractivity contribution in [1.29, 1.82) is 5.26 Å². The number of halogens is 1. The lowest BCUT2D eigenvalue weighted by atomic mass is 10.1. The highest BCUT2D eigenvalue weighted by Crippen LogP contribution is 2.33. The Morgan fingerprint density at radius 3 is 2.57 bits per heavy atom. The van der Waals surface area contributed by atoms with Crippen LogP contribution in [-0.2, 0) is 6.42 Å². The second kappa shape index (κ2) is 6.01. The van der Waals surface area contributed by atoms with E-state index in [-0.39, 0.29) is 22.7 Å². The van der Waals surface area contributed by atoms with Gasteiger partial charge in [-0.15, -0.1) is 0 Å².